The SMILES string of the molecule is c1ccc(-c2cccc(-c3cc(-c4ccc5ccc(-n6c7ccccc7c7cc8c9ccccc9n(-c9ccccc9)c8cc76)cc5c4)nc(-c4ccccc4)n3)c2)cc1. The number of benzene rings is 9. The van der Waals surface area contributed by atoms with Gasteiger partial charge in [0.25, 0.3) is 0 Å². The summed E-state index contributed by atoms with van der Waals surface area (Å²) in [5.41, 5.74) is 14.2. The quantitative estimate of drug-likeness (QED) is 0.169. The molecule has 4 nitrogen and oxygen atoms in total. The van der Waals surface area contributed by atoms with E-state index in [-0.39, 0.29) is 0 Å². The molecule has 0 amide bonds. The van der Waals surface area contributed by atoms with Crippen LogP contribution in [-0.4, -0.2) is 19.1 Å². The highest BCUT2D eigenvalue weighted by molar-refractivity contribution is 6.19. The summed E-state index contributed by atoms with van der Waals surface area (Å²) in [5, 5.41) is 7.28. The summed E-state index contributed by atoms with van der Waals surface area (Å²) in [6, 6.07) is 78.0. The first-order valence-corrected chi connectivity index (χ1v) is 20.4. The fraction of sp³-hybridized carbons (Fsp3) is 0. The van der Waals surface area contributed by atoms with Gasteiger partial charge in [0.2, 0.25) is 0 Å². The fourth-order valence-electron chi connectivity index (χ4n) is 9.04. The van der Waals surface area contributed by atoms with Crippen LogP contribution in [0.1, 0.15) is 0 Å². The van der Waals surface area contributed by atoms with Crippen molar-refractivity contribution in [1.29, 1.82) is 0 Å². The van der Waals surface area contributed by atoms with Crippen LogP contribution in [0.4, 0.5) is 0 Å². The molecule has 0 saturated heterocycles. The number of fused-ring (bicyclic) bond motifs is 7. The molecule has 0 atom stereocenters. The van der Waals surface area contributed by atoms with Crippen LogP contribution in [0, 0.1) is 0 Å². The normalized spacial score (nSPS) is 11.7. The second-order valence-electron chi connectivity index (χ2n) is 15.4. The highest BCUT2D eigenvalue weighted by Gasteiger charge is 2.19. The zero-order valence-corrected chi connectivity index (χ0v) is 32.6. The number of nitrogens with zero attached hydrogens (tertiary/aromatic N) is 4. The van der Waals surface area contributed by atoms with Crippen molar-refractivity contribution < 1.29 is 0 Å². The minimum Gasteiger partial charge on any atom is -0.309 e. The number of hydrogen-bond acceptors (Lipinski definition) is 2. The van der Waals surface area contributed by atoms with E-state index in [4.69, 9.17) is 9.97 Å². The molecule has 0 aliphatic heterocycles. The molecule has 0 N–H and O–H groups in total. The van der Waals surface area contributed by atoms with E-state index >= 15 is 0 Å². The van der Waals surface area contributed by atoms with Crippen molar-refractivity contribution in [2.75, 3.05) is 0 Å². The third-order valence-corrected chi connectivity index (χ3v) is 11.9. The maximum atomic E-state index is 5.20. The van der Waals surface area contributed by atoms with Crippen molar-refractivity contribution in [2.45, 2.75) is 0 Å². The Morgan fingerprint density at radius 1 is 0.267 bits per heavy atom. The minimum atomic E-state index is 0.701. The summed E-state index contributed by atoms with van der Waals surface area (Å²) in [6.45, 7) is 0. The van der Waals surface area contributed by atoms with E-state index in [1.54, 1.807) is 0 Å². The maximum absolute atomic E-state index is 5.20. The predicted octanol–water partition coefficient (Wildman–Crippen LogP) is 14.5. The summed E-state index contributed by atoms with van der Waals surface area (Å²) >= 11 is 0. The van der Waals surface area contributed by atoms with Crippen molar-refractivity contribution in [3.05, 3.63) is 218 Å². The predicted molar refractivity (Wildman–Crippen MR) is 250 cm³/mol. The van der Waals surface area contributed by atoms with Crippen molar-refractivity contribution in [1.82, 2.24) is 19.1 Å². The van der Waals surface area contributed by atoms with Gasteiger partial charge in [-0.05, 0) is 88.6 Å². The Morgan fingerprint density at radius 3 is 1.48 bits per heavy atom. The molecule has 12 aromatic rings. The summed E-state index contributed by atoms with van der Waals surface area (Å²) in [5.74, 6) is 0.701. The molecule has 4 heteroatoms. The summed E-state index contributed by atoms with van der Waals surface area (Å²) in [7, 11) is 0. The van der Waals surface area contributed by atoms with Crippen LogP contribution in [0.2, 0.25) is 0 Å². The van der Waals surface area contributed by atoms with Crippen LogP contribution in [0.3, 0.4) is 0 Å². The zero-order chi connectivity index (χ0) is 39.6. The summed E-state index contributed by atoms with van der Waals surface area (Å²) in [4.78, 5) is 10.3. The van der Waals surface area contributed by atoms with Gasteiger partial charge in [-0.15, -0.1) is 0 Å². The lowest BCUT2D eigenvalue weighted by Crippen LogP contribution is -1.97. The molecule has 0 fully saturated rings. The van der Waals surface area contributed by atoms with Crippen LogP contribution in [0.25, 0.3) is 111 Å². The Bertz CT molecular complexity index is 3580. The van der Waals surface area contributed by atoms with Crippen LogP contribution < -0.4 is 0 Å². The van der Waals surface area contributed by atoms with Gasteiger partial charge in [-0.3, -0.25) is 0 Å². The van der Waals surface area contributed by atoms with Gasteiger partial charge in [0.05, 0.1) is 33.5 Å². The first-order valence-electron chi connectivity index (χ1n) is 20.4. The number of aromatic nitrogens is 4. The van der Waals surface area contributed by atoms with Crippen molar-refractivity contribution in [2.24, 2.45) is 0 Å². The lowest BCUT2D eigenvalue weighted by Gasteiger charge is -2.13. The third kappa shape index (κ3) is 5.61. The van der Waals surface area contributed by atoms with E-state index in [1.807, 2.05) is 18.2 Å². The van der Waals surface area contributed by atoms with Gasteiger partial charge in [0.15, 0.2) is 5.82 Å². The van der Waals surface area contributed by atoms with E-state index < -0.39 is 0 Å². The van der Waals surface area contributed by atoms with Crippen molar-refractivity contribution in [3.8, 4) is 56.4 Å². The molecule has 0 aliphatic rings. The fourth-order valence-corrected chi connectivity index (χ4v) is 9.04. The molecule has 0 aliphatic carbocycles. The number of hydrogen-bond donors (Lipinski definition) is 0. The van der Waals surface area contributed by atoms with Gasteiger partial charge in [0.1, 0.15) is 0 Å². The largest absolute Gasteiger partial charge is 0.309 e. The maximum Gasteiger partial charge on any atom is 0.160 e. The molecular weight excluding hydrogens is 729 g/mol. The molecule has 60 heavy (non-hydrogen) atoms. The van der Waals surface area contributed by atoms with Gasteiger partial charge >= 0.3 is 0 Å². The Labute approximate surface area is 346 Å². The Balaban J connectivity index is 1.04. The first-order chi connectivity index (χ1) is 29.7. The monoisotopic (exact) mass is 764 g/mol. The highest BCUT2D eigenvalue weighted by atomic mass is 15.0. The van der Waals surface area contributed by atoms with Crippen LogP contribution in [0.5, 0.6) is 0 Å². The number of rotatable bonds is 6. The van der Waals surface area contributed by atoms with Crippen LogP contribution in [-0.2, 0) is 0 Å². The van der Waals surface area contributed by atoms with E-state index in [0.29, 0.717) is 5.82 Å². The van der Waals surface area contributed by atoms with Crippen LogP contribution >= 0.6 is 0 Å². The van der Waals surface area contributed by atoms with E-state index in [9.17, 15) is 0 Å². The van der Waals surface area contributed by atoms with Gasteiger partial charge in [-0.1, -0.05) is 152 Å². The molecule has 0 radical (unpaired) electrons. The topological polar surface area (TPSA) is 35.6 Å². The number of para-hydroxylation sites is 3. The average molecular weight is 765 g/mol. The molecule has 0 saturated carbocycles. The van der Waals surface area contributed by atoms with Gasteiger partial charge in [-0.2, -0.15) is 0 Å². The van der Waals surface area contributed by atoms with Gasteiger partial charge in [-0.25, -0.2) is 9.97 Å². The van der Waals surface area contributed by atoms with E-state index in [0.717, 1.165) is 50.4 Å². The third-order valence-electron chi connectivity index (χ3n) is 11.9. The summed E-state index contributed by atoms with van der Waals surface area (Å²) < 4.78 is 4.83. The molecule has 280 valence electrons. The molecule has 0 spiro atoms. The smallest absolute Gasteiger partial charge is 0.160 e. The molecular formula is C56H36N4. The molecule has 9 aromatic carbocycles. The standard InChI is InChI=1S/C56H36N4/c1-4-15-37(16-5-1)40-19-14-20-41(31-40)50-35-51(58-56(57-50)39-17-6-2-7-18-39)42-28-27-38-29-30-45(33-43(38)32-42)60-53-26-13-11-24-47(53)49-34-48-46-23-10-12-25-52(46)59(54(48)36-55(49)60)44-21-8-3-9-22-44/h1-36H. The second-order valence-corrected chi connectivity index (χ2v) is 15.4. The molecule has 12 rings (SSSR count). The zero-order valence-electron chi connectivity index (χ0n) is 32.6. The van der Waals surface area contributed by atoms with E-state index in [2.05, 4.69) is 209 Å². The Kier molecular flexibility index (Phi) is 7.82. The van der Waals surface area contributed by atoms with Crippen molar-refractivity contribution in [3.63, 3.8) is 0 Å². The second kappa shape index (κ2) is 13.8. The lowest BCUT2D eigenvalue weighted by atomic mass is 10.00. The van der Waals surface area contributed by atoms with Gasteiger partial charge < -0.3 is 9.13 Å². The van der Waals surface area contributed by atoms with Crippen LogP contribution in [0.15, 0.2) is 218 Å². The Hall–Kier alpha value is -8.08. The Morgan fingerprint density at radius 2 is 0.800 bits per heavy atom. The van der Waals surface area contributed by atoms with Crippen molar-refractivity contribution >= 4 is 54.4 Å². The molecule has 3 aromatic heterocycles. The summed E-state index contributed by atoms with van der Waals surface area (Å²) in [6.07, 6.45) is 0. The first kappa shape index (κ1) is 34.0. The highest BCUT2D eigenvalue weighted by Crippen LogP contribution is 2.40. The minimum absolute atomic E-state index is 0.701. The van der Waals surface area contributed by atoms with E-state index in [1.165, 1.54) is 54.6 Å². The van der Waals surface area contributed by atoms with Gasteiger partial charge in [0, 0.05) is 49.6 Å². The average Bonchev–Trinajstić information content (AvgIpc) is 3.83. The molecule has 0 unspecified atom stereocenters. The molecule has 0 bridgehead atoms. The molecule has 3 heterocycles. The lowest BCUT2D eigenvalue weighted by molar-refractivity contribution is 1.17.